The third-order valence-corrected chi connectivity index (χ3v) is 5.93. The van der Waals surface area contributed by atoms with Crippen LogP contribution in [0.3, 0.4) is 0 Å². The van der Waals surface area contributed by atoms with Gasteiger partial charge in [-0.1, -0.05) is 25.3 Å². The maximum atomic E-state index is 12.2. The summed E-state index contributed by atoms with van der Waals surface area (Å²) in [5.74, 6) is -0.241. The summed E-state index contributed by atoms with van der Waals surface area (Å²) in [7, 11) is 0. The van der Waals surface area contributed by atoms with Crippen LogP contribution < -0.4 is 0 Å². The Hall–Kier alpha value is -2.57. The van der Waals surface area contributed by atoms with Gasteiger partial charge in [0.1, 0.15) is 5.60 Å². The third-order valence-electron chi connectivity index (χ3n) is 5.93. The summed E-state index contributed by atoms with van der Waals surface area (Å²) >= 11 is 0. The molecular weight excluding hydrogens is 394 g/mol. The van der Waals surface area contributed by atoms with Gasteiger partial charge in [0.2, 0.25) is 0 Å². The van der Waals surface area contributed by atoms with E-state index in [0.717, 1.165) is 68.3 Å². The Morgan fingerprint density at radius 3 is 2.52 bits per heavy atom. The number of fused-ring (bicyclic) bond motifs is 1. The summed E-state index contributed by atoms with van der Waals surface area (Å²) < 4.78 is 7.41. The molecule has 1 aromatic heterocycles. The molecule has 31 heavy (non-hydrogen) atoms. The van der Waals surface area contributed by atoms with E-state index < -0.39 is 11.6 Å². The molecule has 0 unspecified atom stereocenters. The number of ether oxygens (including phenoxy) is 1. The van der Waals surface area contributed by atoms with Gasteiger partial charge in [0.25, 0.3) is 0 Å². The molecule has 1 aromatic carbocycles. The number of piperidine rings is 1. The van der Waals surface area contributed by atoms with Gasteiger partial charge < -0.3 is 14.7 Å². The molecule has 0 aliphatic carbocycles. The van der Waals surface area contributed by atoms with Crippen LogP contribution >= 0.6 is 0 Å². The van der Waals surface area contributed by atoms with Gasteiger partial charge in [0.15, 0.2) is 0 Å². The third kappa shape index (κ3) is 6.21. The fourth-order valence-electron chi connectivity index (χ4n) is 4.25. The van der Waals surface area contributed by atoms with Crippen LogP contribution in [0.25, 0.3) is 10.9 Å². The number of aryl methyl sites for hydroxylation is 2. The molecule has 1 aliphatic rings. The van der Waals surface area contributed by atoms with E-state index in [-0.39, 0.29) is 6.09 Å². The summed E-state index contributed by atoms with van der Waals surface area (Å²) in [6.45, 7) is 10.0. The van der Waals surface area contributed by atoms with E-state index in [2.05, 4.69) is 5.10 Å². The molecule has 0 atom stereocenters. The first kappa shape index (κ1) is 23.1. The van der Waals surface area contributed by atoms with Crippen molar-refractivity contribution in [2.75, 3.05) is 13.1 Å². The van der Waals surface area contributed by atoms with E-state index in [9.17, 15) is 14.7 Å². The molecule has 1 amide bonds. The number of nitrogens with zero attached hydrogens (tertiary/aromatic N) is 3. The minimum atomic E-state index is -0.912. The van der Waals surface area contributed by atoms with E-state index >= 15 is 0 Å². The fraction of sp³-hybridized carbons (Fsp3) is 0.625. The Morgan fingerprint density at radius 2 is 1.87 bits per heavy atom. The molecule has 1 N–H and O–H groups in total. The maximum Gasteiger partial charge on any atom is 0.410 e. The van der Waals surface area contributed by atoms with E-state index in [1.807, 2.05) is 43.3 Å². The number of carboxylic acids is 1. The standard InChI is InChI=1S/C24H35N3O4/c1-17-20-10-9-19(22(28)29)16-21(20)27(25-17)13-7-5-6-8-18-11-14-26(15-12-18)23(30)31-24(2,3)4/h9-10,16,18H,5-8,11-15H2,1-4H3,(H,28,29). The fourth-order valence-corrected chi connectivity index (χ4v) is 4.25. The zero-order valence-electron chi connectivity index (χ0n) is 19.2. The van der Waals surface area contributed by atoms with Crippen LogP contribution in [0.1, 0.15) is 75.3 Å². The molecule has 0 spiro atoms. The number of hydrogen-bond acceptors (Lipinski definition) is 4. The number of rotatable bonds is 7. The molecule has 0 bridgehead atoms. The first-order valence-corrected chi connectivity index (χ1v) is 11.3. The van der Waals surface area contributed by atoms with Crippen molar-refractivity contribution in [1.29, 1.82) is 0 Å². The molecule has 2 aromatic rings. The Kier molecular flexibility index (Phi) is 7.23. The molecule has 3 rings (SSSR count). The van der Waals surface area contributed by atoms with E-state index in [1.165, 1.54) is 6.42 Å². The minimum Gasteiger partial charge on any atom is -0.478 e. The van der Waals surface area contributed by atoms with Gasteiger partial charge in [0.05, 0.1) is 16.8 Å². The molecule has 1 saturated heterocycles. The summed E-state index contributed by atoms with van der Waals surface area (Å²) in [4.78, 5) is 25.3. The van der Waals surface area contributed by atoms with Crippen LogP contribution in [0.15, 0.2) is 18.2 Å². The Labute approximate surface area is 184 Å². The lowest BCUT2D eigenvalue weighted by molar-refractivity contribution is 0.0180. The van der Waals surface area contributed by atoms with Crippen molar-refractivity contribution in [2.45, 2.75) is 78.4 Å². The number of carboxylic acid groups (broad SMARTS) is 1. The van der Waals surface area contributed by atoms with Gasteiger partial charge >= 0.3 is 12.1 Å². The summed E-state index contributed by atoms with van der Waals surface area (Å²) in [6.07, 6.45) is 6.37. The Bertz CT molecular complexity index is 921. The predicted molar refractivity (Wildman–Crippen MR) is 120 cm³/mol. The van der Waals surface area contributed by atoms with E-state index in [0.29, 0.717) is 11.5 Å². The average Bonchev–Trinajstić information content (AvgIpc) is 3.02. The first-order chi connectivity index (χ1) is 14.6. The van der Waals surface area contributed by atoms with Crippen LogP contribution in [0, 0.1) is 12.8 Å². The highest BCUT2D eigenvalue weighted by Gasteiger charge is 2.26. The summed E-state index contributed by atoms with van der Waals surface area (Å²) in [6, 6.07) is 5.20. The van der Waals surface area contributed by atoms with Crippen molar-refractivity contribution in [3.63, 3.8) is 0 Å². The van der Waals surface area contributed by atoms with Crippen molar-refractivity contribution in [2.24, 2.45) is 5.92 Å². The normalized spacial score (nSPS) is 15.4. The summed E-state index contributed by atoms with van der Waals surface area (Å²) in [5.41, 5.74) is 1.68. The van der Waals surface area contributed by atoms with Gasteiger partial charge in [0, 0.05) is 25.0 Å². The second-order valence-electron chi connectivity index (χ2n) is 9.61. The molecule has 2 heterocycles. The Morgan fingerprint density at radius 1 is 1.16 bits per heavy atom. The number of unbranched alkanes of at least 4 members (excludes halogenated alkanes) is 2. The van der Waals surface area contributed by atoms with Crippen LogP contribution in [-0.4, -0.2) is 50.5 Å². The average molecular weight is 430 g/mol. The highest BCUT2D eigenvalue weighted by Crippen LogP contribution is 2.25. The van der Waals surface area contributed by atoms with Crippen molar-refractivity contribution < 1.29 is 19.4 Å². The lowest BCUT2D eigenvalue weighted by Gasteiger charge is -2.33. The highest BCUT2D eigenvalue weighted by molar-refractivity contribution is 5.93. The monoisotopic (exact) mass is 429 g/mol. The quantitative estimate of drug-likeness (QED) is 0.608. The van der Waals surface area contributed by atoms with Crippen molar-refractivity contribution in [3.05, 3.63) is 29.5 Å². The smallest absolute Gasteiger partial charge is 0.410 e. The molecule has 170 valence electrons. The van der Waals surface area contributed by atoms with Crippen molar-refractivity contribution >= 4 is 23.0 Å². The zero-order valence-corrected chi connectivity index (χ0v) is 19.2. The minimum absolute atomic E-state index is 0.196. The number of carbonyl (C=O) groups excluding carboxylic acids is 1. The van der Waals surface area contributed by atoms with Gasteiger partial charge in [-0.15, -0.1) is 0 Å². The maximum absolute atomic E-state index is 12.2. The molecule has 1 aliphatic heterocycles. The zero-order chi connectivity index (χ0) is 22.6. The van der Waals surface area contributed by atoms with Crippen molar-refractivity contribution in [3.8, 4) is 0 Å². The van der Waals surface area contributed by atoms with Crippen LogP contribution in [0.5, 0.6) is 0 Å². The molecular formula is C24H35N3O4. The molecule has 7 nitrogen and oxygen atoms in total. The molecule has 0 radical (unpaired) electrons. The first-order valence-electron chi connectivity index (χ1n) is 11.3. The van der Waals surface area contributed by atoms with Crippen LogP contribution in [0.2, 0.25) is 0 Å². The van der Waals surface area contributed by atoms with Gasteiger partial charge in [-0.25, -0.2) is 9.59 Å². The predicted octanol–water partition coefficient (Wildman–Crippen LogP) is 5.25. The van der Waals surface area contributed by atoms with Crippen LogP contribution in [-0.2, 0) is 11.3 Å². The SMILES string of the molecule is Cc1nn(CCCCCC2CCN(C(=O)OC(C)(C)C)CC2)c2cc(C(=O)O)ccc12. The van der Waals surface area contributed by atoms with Gasteiger partial charge in [-0.2, -0.15) is 5.10 Å². The molecule has 0 saturated carbocycles. The second-order valence-corrected chi connectivity index (χ2v) is 9.61. The van der Waals surface area contributed by atoms with Crippen molar-refractivity contribution in [1.82, 2.24) is 14.7 Å². The molecule has 7 heteroatoms. The van der Waals surface area contributed by atoms with E-state index in [4.69, 9.17) is 4.74 Å². The molecule has 1 fully saturated rings. The number of benzene rings is 1. The largest absolute Gasteiger partial charge is 0.478 e. The lowest BCUT2D eigenvalue weighted by Crippen LogP contribution is -2.41. The lowest BCUT2D eigenvalue weighted by atomic mass is 9.91. The van der Waals surface area contributed by atoms with Gasteiger partial charge in [-0.05, 0) is 65.0 Å². The highest BCUT2D eigenvalue weighted by atomic mass is 16.6. The number of aromatic carboxylic acids is 1. The number of likely N-dealkylation sites (tertiary alicyclic amines) is 1. The number of hydrogen-bond donors (Lipinski definition) is 1. The van der Waals surface area contributed by atoms with E-state index in [1.54, 1.807) is 12.1 Å². The summed E-state index contributed by atoms with van der Waals surface area (Å²) in [5, 5.41) is 14.9. The topological polar surface area (TPSA) is 84.7 Å². The number of aromatic nitrogens is 2. The second kappa shape index (κ2) is 9.71. The number of carbonyl (C=O) groups is 2. The Balaban J connectivity index is 1.40. The number of amides is 1. The van der Waals surface area contributed by atoms with Gasteiger partial charge in [-0.3, -0.25) is 4.68 Å². The van der Waals surface area contributed by atoms with Crippen LogP contribution in [0.4, 0.5) is 4.79 Å².